The average molecular weight is 1000 g/mol. The van der Waals surface area contributed by atoms with Crippen molar-refractivity contribution in [2.45, 2.75) is 184 Å². The van der Waals surface area contributed by atoms with Crippen LogP contribution in [0.25, 0.3) is 0 Å². The molecule has 4 rings (SSSR count). The van der Waals surface area contributed by atoms with Crippen LogP contribution in [0.5, 0.6) is 0 Å². The number of nitrogens with zero attached hydrogens (tertiary/aromatic N) is 4. The van der Waals surface area contributed by atoms with Crippen LogP contribution in [0, 0.1) is 25.7 Å². The van der Waals surface area contributed by atoms with Crippen molar-refractivity contribution in [1.82, 2.24) is 0 Å². The van der Waals surface area contributed by atoms with Crippen LogP contribution in [0.2, 0.25) is 0 Å². The molecule has 0 aromatic heterocycles. The summed E-state index contributed by atoms with van der Waals surface area (Å²) in [5.41, 5.74) is 6.05. The Kier molecular flexibility index (Phi) is 26.0. The minimum absolute atomic E-state index is 0.216. The highest BCUT2D eigenvalue weighted by Gasteiger charge is 2.22. The number of benzene rings is 4. The maximum atomic E-state index is 13.5. The minimum Gasteiger partial charge on any atom is -0.462 e. The Bertz CT molecular complexity index is 2350. The largest absolute Gasteiger partial charge is 0.462 e. The number of carbonyl (C=O) groups excluding carboxylic acids is 4. The van der Waals surface area contributed by atoms with E-state index >= 15 is 0 Å². The number of esters is 4. The standard InChI is InChI=1S/C60H83N5O8/c1-11-19-23-43(15-5)39-70-57(66)45-33-46(58(67)71-40-44(16-6)24-20-12-2)36-51(35-45)62-64-55-29-27-49(31-41(55)9)61-50-28-30-56(42(10)32-50)65-63-52-37-47(59(68)72-53(17-7)25-21-13-3)34-48(38-52)60(69)73-54(18-8)26-22-14-4/h27-38,43-44,53-54,61H,11-26,39-40H2,1-10H3. The lowest BCUT2D eigenvalue weighted by atomic mass is 10.0. The number of nitrogens with one attached hydrogen (secondary N) is 1. The zero-order valence-electron chi connectivity index (χ0n) is 45.5. The van der Waals surface area contributed by atoms with Gasteiger partial charge in [-0.1, -0.05) is 120 Å². The summed E-state index contributed by atoms with van der Waals surface area (Å²) in [6, 6.07) is 20.8. The normalized spacial score (nSPS) is 13.1. The summed E-state index contributed by atoms with van der Waals surface area (Å²) in [6.45, 7) is 21.1. The first-order valence-electron chi connectivity index (χ1n) is 27.2. The van der Waals surface area contributed by atoms with E-state index in [1.54, 1.807) is 24.3 Å². The van der Waals surface area contributed by atoms with E-state index in [4.69, 9.17) is 18.9 Å². The molecule has 4 aromatic carbocycles. The molecule has 0 amide bonds. The molecule has 396 valence electrons. The number of unbranched alkanes of at least 4 members (excludes halogenated alkanes) is 4. The van der Waals surface area contributed by atoms with Gasteiger partial charge < -0.3 is 24.3 Å². The van der Waals surface area contributed by atoms with Gasteiger partial charge in [-0.15, -0.1) is 0 Å². The van der Waals surface area contributed by atoms with Crippen molar-refractivity contribution in [3.05, 3.63) is 106 Å². The van der Waals surface area contributed by atoms with E-state index in [0.717, 1.165) is 112 Å². The molecule has 0 aliphatic heterocycles. The maximum absolute atomic E-state index is 13.5. The number of anilines is 2. The number of ether oxygens (including phenoxy) is 4. The highest BCUT2D eigenvalue weighted by atomic mass is 16.6. The Labute approximate surface area is 435 Å². The quantitative estimate of drug-likeness (QED) is 0.0284. The second kappa shape index (κ2) is 32.1. The van der Waals surface area contributed by atoms with Crippen LogP contribution in [0.15, 0.2) is 93.3 Å². The lowest BCUT2D eigenvalue weighted by Crippen LogP contribution is -2.19. The Hall–Kier alpha value is -6.24. The van der Waals surface area contributed by atoms with Gasteiger partial charge in [0.15, 0.2) is 0 Å². The third-order valence-electron chi connectivity index (χ3n) is 13.2. The zero-order chi connectivity index (χ0) is 53.1. The van der Waals surface area contributed by atoms with E-state index in [1.165, 1.54) is 12.1 Å². The van der Waals surface area contributed by atoms with Gasteiger partial charge in [0.1, 0.15) is 12.2 Å². The van der Waals surface area contributed by atoms with Crippen LogP contribution in [0.1, 0.15) is 211 Å². The Morgan fingerprint density at radius 1 is 0.438 bits per heavy atom. The predicted octanol–water partition coefficient (Wildman–Crippen LogP) is 17.9. The molecule has 0 spiro atoms. The molecule has 13 heteroatoms. The van der Waals surface area contributed by atoms with Crippen LogP contribution in [-0.2, 0) is 18.9 Å². The van der Waals surface area contributed by atoms with Crippen molar-refractivity contribution in [3.8, 4) is 0 Å². The molecule has 0 bridgehead atoms. The van der Waals surface area contributed by atoms with Gasteiger partial charge in [0.25, 0.3) is 0 Å². The van der Waals surface area contributed by atoms with Gasteiger partial charge in [-0.3, -0.25) is 0 Å². The predicted molar refractivity (Wildman–Crippen MR) is 292 cm³/mol. The highest BCUT2D eigenvalue weighted by molar-refractivity contribution is 5.98. The Morgan fingerprint density at radius 2 is 0.795 bits per heavy atom. The van der Waals surface area contributed by atoms with Gasteiger partial charge in [-0.2, -0.15) is 20.5 Å². The lowest BCUT2D eigenvalue weighted by molar-refractivity contribution is 0.0264. The molecule has 0 saturated carbocycles. The molecule has 4 unspecified atom stereocenters. The Morgan fingerprint density at radius 3 is 1.12 bits per heavy atom. The van der Waals surface area contributed by atoms with E-state index in [9.17, 15) is 19.2 Å². The first-order valence-corrected chi connectivity index (χ1v) is 27.2. The SMILES string of the molecule is CCCCC(CC)COC(=O)c1cc(N=Nc2ccc(Nc3ccc(N=Nc4cc(C(=O)OC(CC)CCCC)cc(C(=O)OC(CC)CCCC)c4)c(C)c3)cc2C)cc(C(=O)OCC(CC)CCCC)c1. The van der Waals surface area contributed by atoms with Crippen LogP contribution in [0.3, 0.4) is 0 Å². The lowest BCUT2D eigenvalue weighted by Gasteiger charge is -2.17. The summed E-state index contributed by atoms with van der Waals surface area (Å²) in [7, 11) is 0. The smallest absolute Gasteiger partial charge is 0.338 e. The molecule has 0 radical (unpaired) electrons. The molecule has 13 nitrogen and oxygen atoms in total. The number of hydrogen-bond acceptors (Lipinski definition) is 13. The zero-order valence-corrected chi connectivity index (χ0v) is 45.5. The Balaban J connectivity index is 1.54. The number of carbonyl (C=O) groups is 4. The number of rotatable bonds is 32. The van der Waals surface area contributed by atoms with Crippen LogP contribution in [0.4, 0.5) is 34.1 Å². The average Bonchev–Trinajstić information content (AvgIpc) is 3.40. The first kappa shape index (κ1) is 59.3. The second-order valence-electron chi connectivity index (χ2n) is 19.3. The molecule has 1 N–H and O–H groups in total. The van der Waals surface area contributed by atoms with Gasteiger partial charge in [-0.05, 0) is 148 Å². The molecule has 0 saturated heterocycles. The third kappa shape index (κ3) is 19.9. The third-order valence-corrected chi connectivity index (χ3v) is 13.2. The van der Waals surface area contributed by atoms with E-state index in [-0.39, 0.29) is 46.3 Å². The molecular weight excluding hydrogens is 919 g/mol. The minimum atomic E-state index is -0.518. The van der Waals surface area contributed by atoms with Crippen molar-refractivity contribution in [2.75, 3.05) is 18.5 Å². The van der Waals surface area contributed by atoms with Crippen molar-refractivity contribution in [3.63, 3.8) is 0 Å². The van der Waals surface area contributed by atoms with Crippen LogP contribution < -0.4 is 5.32 Å². The molecule has 0 aliphatic rings. The fourth-order valence-corrected chi connectivity index (χ4v) is 8.24. The molecular formula is C60H83N5O8. The van der Waals surface area contributed by atoms with Gasteiger partial charge >= 0.3 is 23.9 Å². The fraction of sp³-hybridized carbons (Fsp3) is 0.533. The highest BCUT2D eigenvalue weighted by Crippen LogP contribution is 2.32. The van der Waals surface area contributed by atoms with Gasteiger partial charge in [0, 0.05) is 11.4 Å². The van der Waals surface area contributed by atoms with Crippen molar-refractivity contribution in [2.24, 2.45) is 32.3 Å². The molecule has 4 aromatic rings. The van der Waals surface area contributed by atoms with Crippen molar-refractivity contribution < 1.29 is 38.1 Å². The second-order valence-corrected chi connectivity index (χ2v) is 19.3. The van der Waals surface area contributed by atoms with Crippen LogP contribution in [-0.4, -0.2) is 49.3 Å². The summed E-state index contributed by atoms with van der Waals surface area (Å²) in [4.78, 5) is 53.8. The fourth-order valence-electron chi connectivity index (χ4n) is 8.24. The van der Waals surface area contributed by atoms with Crippen LogP contribution >= 0.6 is 0 Å². The van der Waals surface area contributed by atoms with Gasteiger partial charge in [0.05, 0.1) is 58.2 Å². The van der Waals surface area contributed by atoms with Crippen molar-refractivity contribution >= 4 is 58.0 Å². The van der Waals surface area contributed by atoms with E-state index in [0.29, 0.717) is 48.8 Å². The number of aryl methyl sites for hydroxylation is 2. The summed E-state index contributed by atoms with van der Waals surface area (Å²) in [5, 5.41) is 21.5. The van der Waals surface area contributed by atoms with E-state index in [2.05, 4.69) is 67.3 Å². The van der Waals surface area contributed by atoms with Gasteiger partial charge in [-0.25, -0.2) is 19.2 Å². The van der Waals surface area contributed by atoms with Gasteiger partial charge in [0.2, 0.25) is 0 Å². The summed E-state index contributed by atoms with van der Waals surface area (Å²) in [5.74, 6) is -1.54. The number of azo groups is 2. The van der Waals surface area contributed by atoms with E-state index < -0.39 is 23.9 Å². The molecule has 0 heterocycles. The van der Waals surface area contributed by atoms with Crippen molar-refractivity contribution in [1.29, 1.82) is 0 Å². The first-order chi connectivity index (χ1) is 35.3. The summed E-state index contributed by atoms with van der Waals surface area (Å²) < 4.78 is 23.3. The summed E-state index contributed by atoms with van der Waals surface area (Å²) in [6.07, 6.45) is 14.4. The molecule has 4 atom stereocenters. The molecule has 73 heavy (non-hydrogen) atoms. The molecule has 0 aliphatic carbocycles. The summed E-state index contributed by atoms with van der Waals surface area (Å²) >= 11 is 0. The molecule has 0 fully saturated rings. The maximum Gasteiger partial charge on any atom is 0.338 e. The topological polar surface area (TPSA) is 167 Å². The monoisotopic (exact) mass is 1000 g/mol. The van der Waals surface area contributed by atoms with E-state index in [1.807, 2.05) is 64.1 Å². The number of hydrogen-bond donors (Lipinski definition) is 1.